The molecule has 1 fully saturated rings. The molecule has 0 unspecified atom stereocenters. The monoisotopic (exact) mass is 396 g/mol. The molecule has 0 spiro atoms. The van der Waals surface area contributed by atoms with Crippen molar-refractivity contribution in [2.45, 2.75) is 0 Å². The molecule has 2 aromatic rings. The standard InChI is InChI=1S/C14H9IN2O2S/c15-9-3-5-10(6-4-9)17-14(19)12(13(18)16-17)8-11-2-1-7-20-11/h1-8H,(H,16,18)/b12-8+. The maximum atomic E-state index is 12.3. The number of amides is 2. The van der Waals surface area contributed by atoms with Gasteiger partial charge >= 0.3 is 0 Å². The van der Waals surface area contributed by atoms with Gasteiger partial charge in [0.15, 0.2) is 0 Å². The molecule has 2 heterocycles. The molecule has 100 valence electrons. The molecule has 1 saturated heterocycles. The zero-order chi connectivity index (χ0) is 14.1. The largest absolute Gasteiger partial charge is 0.282 e. The normalized spacial score (nSPS) is 16.9. The van der Waals surface area contributed by atoms with Crippen LogP contribution in [0.4, 0.5) is 5.69 Å². The summed E-state index contributed by atoms with van der Waals surface area (Å²) in [4.78, 5) is 25.1. The summed E-state index contributed by atoms with van der Waals surface area (Å²) in [6.45, 7) is 0. The fourth-order valence-corrected chi connectivity index (χ4v) is 2.86. The molecule has 6 heteroatoms. The lowest BCUT2D eigenvalue weighted by Gasteiger charge is -2.14. The number of halogens is 1. The zero-order valence-corrected chi connectivity index (χ0v) is 13.1. The fraction of sp³-hybridized carbons (Fsp3) is 0. The number of benzene rings is 1. The van der Waals surface area contributed by atoms with E-state index in [1.54, 1.807) is 18.2 Å². The summed E-state index contributed by atoms with van der Waals surface area (Å²) in [5.41, 5.74) is 3.39. The van der Waals surface area contributed by atoms with Gasteiger partial charge in [-0.05, 0) is 64.4 Å². The average molecular weight is 396 g/mol. The number of nitrogens with zero attached hydrogens (tertiary/aromatic N) is 1. The molecule has 1 aromatic heterocycles. The highest BCUT2D eigenvalue weighted by atomic mass is 127. The Morgan fingerprint density at radius 3 is 2.55 bits per heavy atom. The lowest BCUT2D eigenvalue weighted by molar-refractivity contribution is -0.117. The van der Waals surface area contributed by atoms with Crippen molar-refractivity contribution in [3.8, 4) is 0 Å². The zero-order valence-electron chi connectivity index (χ0n) is 10.2. The number of carbonyl (C=O) groups is 2. The Kier molecular flexibility index (Phi) is 3.58. The highest BCUT2D eigenvalue weighted by Crippen LogP contribution is 2.23. The van der Waals surface area contributed by atoms with Crippen LogP contribution in [-0.2, 0) is 9.59 Å². The summed E-state index contributed by atoms with van der Waals surface area (Å²) in [7, 11) is 0. The van der Waals surface area contributed by atoms with Gasteiger partial charge in [0.1, 0.15) is 5.57 Å². The van der Waals surface area contributed by atoms with E-state index in [0.29, 0.717) is 5.69 Å². The van der Waals surface area contributed by atoms with Gasteiger partial charge in [0.2, 0.25) is 0 Å². The van der Waals surface area contributed by atoms with Crippen LogP contribution in [-0.4, -0.2) is 11.8 Å². The quantitative estimate of drug-likeness (QED) is 0.482. The van der Waals surface area contributed by atoms with Crippen LogP contribution in [0.2, 0.25) is 0 Å². The SMILES string of the molecule is O=C1NN(c2ccc(I)cc2)C(=O)/C1=C/c1cccs1. The lowest BCUT2D eigenvalue weighted by atomic mass is 10.2. The second-order valence-corrected chi connectivity index (χ2v) is 6.36. The third-order valence-corrected chi connectivity index (χ3v) is 4.34. The number of anilines is 1. The van der Waals surface area contributed by atoms with E-state index in [1.165, 1.54) is 16.3 Å². The number of hydrazine groups is 1. The first-order chi connectivity index (χ1) is 9.65. The highest BCUT2D eigenvalue weighted by Gasteiger charge is 2.34. The summed E-state index contributed by atoms with van der Waals surface area (Å²) >= 11 is 3.67. The van der Waals surface area contributed by atoms with E-state index in [1.807, 2.05) is 29.6 Å². The second kappa shape index (κ2) is 5.37. The van der Waals surface area contributed by atoms with Crippen LogP contribution in [0.1, 0.15) is 4.88 Å². The van der Waals surface area contributed by atoms with Crippen molar-refractivity contribution >= 4 is 57.5 Å². The summed E-state index contributed by atoms with van der Waals surface area (Å²) in [5, 5.41) is 3.18. The number of thiophene rings is 1. The van der Waals surface area contributed by atoms with E-state index in [0.717, 1.165) is 8.45 Å². The molecule has 1 aliphatic rings. The molecule has 2 amide bonds. The van der Waals surface area contributed by atoms with Crippen LogP contribution in [0.15, 0.2) is 47.4 Å². The van der Waals surface area contributed by atoms with E-state index < -0.39 is 0 Å². The van der Waals surface area contributed by atoms with Crippen molar-refractivity contribution in [3.63, 3.8) is 0 Å². The van der Waals surface area contributed by atoms with Gasteiger partial charge in [0.25, 0.3) is 11.8 Å². The minimum Gasteiger partial charge on any atom is -0.267 e. The minimum atomic E-state index is -0.373. The molecule has 20 heavy (non-hydrogen) atoms. The van der Waals surface area contributed by atoms with Crippen LogP contribution in [0.25, 0.3) is 6.08 Å². The molecule has 1 aromatic carbocycles. The summed E-state index contributed by atoms with van der Waals surface area (Å²) in [5.74, 6) is -0.702. The molecule has 0 atom stereocenters. The number of hydrogen-bond acceptors (Lipinski definition) is 3. The Labute approximate surface area is 133 Å². The van der Waals surface area contributed by atoms with Gasteiger partial charge in [-0.1, -0.05) is 6.07 Å². The third kappa shape index (κ3) is 2.48. The van der Waals surface area contributed by atoms with Crippen molar-refractivity contribution in [1.82, 2.24) is 5.43 Å². The van der Waals surface area contributed by atoms with Crippen LogP contribution >= 0.6 is 33.9 Å². The van der Waals surface area contributed by atoms with Crippen molar-refractivity contribution < 1.29 is 9.59 Å². The minimum absolute atomic E-state index is 0.158. The summed E-state index contributed by atoms with van der Waals surface area (Å²) < 4.78 is 1.07. The average Bonchev–Trinajstić information content (AvgIpc) is 3.04. The molecule has 1 aliphatic heterocycles. The van der Waals surface area contributed by atoms with Crippen LogP contribution in [0.5, 0.6) is 0 Å². The molecule has 0 saturated carbocycles. The number of carbonyl (C=O) groups excluding carboxylic acids is 2. The Morgan fingerprint density at radius 1 is 1.15 bits per heavy atom. The van der Waals surface area contributed by atoms with Gasteiger partial charge in [-0.2, -0.15) is 0 Å². The van der Waals surface area contributed by atoms with Gasteiger partial charge in [-0.3, -0.25) is 15.0 Å². The van der Waals surface area contributed by atoms with Crippen molar-refractivity contribution in [3.05, 3.63) is 55.8 Å². The molecule has 1 N–H and O–H groups in total. The fourth-order valence-electron chi connectivity index (χ4n) is 1.85. The summed E-state index contributed by atoms with van der Waals surface area (Å²) in [6.07, 6.45) is 1.62. The second-order valence-electron chi connectivity index (χ2n) is 4.13. The molecule has 0 aliphatic carbocycles. The van der Waals surface area contributed by atoms with E-state index in [9.17, 15) is 9.59 Å². The Morgan fingerprint density at radius 2 is 1.90 bits per heavy atom. The predicted octanol–water partition coefficient (Wildman–Crippen LogP) is 2.81. The Hall–Kier alpha value is -1.67. The van der Waals surface area contributed by atoms with Gasteiger partial charge in [-0.15, -0.1) is 11.3 Å². The smallest absolute Gasteiger partial charge is 0.267 e. The van der Waals surface area contributed by atoms with Crippen molar-refractivity contribution in [1.29, 1.82) is 0 Å². The third-order valence-electron chi connectivity index (χ3n) is 2.81. The number of nitrogens with one attached hydrogen (secondary N) is 1. The van der Waals surface area contributed by atoms with E-state index in [4.69, 9.17) is 0 Å². The number of hydrogen-bond donors (Lipinski definition) is 1. The maximum absolute atomic E-state index is 12.3. The van der Waals surface area contributed by atoms with E-state index in [2.05, 4.69) is 28.0 Å². The van der Waals surface area contributed by atoms with Gasteiger partial charge in [0.05, 0.1) is 5.69 Å². The highest BCUT2D eigenvalue weighted by molar-refractivity contribution is 14.1. The van der Waals surface area contributed by atoms with Gasteiger partial charge in [-0.25, -0.2) is 5.01 Å². The molecular formula is C14H9IN2O2S. The van der Waals surface area contributed by atoms with Gasteiger partial charge < -0.3 is 0 Å². The molecule has 0 radical (unpaired) electrons. The van der Waals surface area contributed by atoms with E-state index in [-0.39, 0.29) is 17.4 Å². The van der Waals surface area contributed by atoms with Crippen LogP contribution in [0, 0.1) is 3.57 Å². The van der Waals surface area contributed by atoms with Crippen LogP contribution < -0.4 is 10.4 Å². The van der Waals surface area contributed by atoms with Crippen LogP contribution in [0.3, 0.4) is 0 Å². The Balaban J connectivity index is 1.92. The molecule has 4 nitrogen and oxygen atoms in total. The molecule has 3 rings (SSSR count). The molecular weight excluding hydrogens is 387 g/mol. The molecule has 0 bridgehead atoms. The first-order valence-corrected chi connectivity index (χ1v) is 7.77. The van der Waals surface area contributed by atoms with Crippen molar-refractivity contribution in [2.24, 2.45) is 0 Å². The van der Waals surface area contributed by atoms with Crippen molar-refractivity contribution in [2.75, 3.05) is 5.01 Å². The maximum Gasteiger partial charge on any atom is 0.282 e. The lowest BCUT2D eigenvalue weighted by Crippen LogP contribution is -2.35. The first kappa shape index (κ1) is 13.3. The number of rotatable bonds is 2. The first-order valence-electron chi connectivity index (χ1n) is 5.81. The predicted molar refractivity (Wildman–Crippen MR) is 87.1 cm³/mol. The van der Waals surface area contributed by atoms with E-state index >= 15 is 0 Å². The topological polar surface area (TPSA) is 49.4 Å². The summed E-state index contributed by atoms with van der Waals surface area (Å²) in [6, 6.07) is 11.1. The Bertz CT molecular complexity index is 692. The van der Waals surface area contributed by atoms with Gasteiger partial charge in [0, 0.05) is 8.45 Å².